The average molecular weight is 248 g/mol. The first-order valence-electron chi connectivity index (χ1n) is 5.93. The van der Waals surface area contributed by atoms with Crippen LogP contribution in [0.5, 0.6) is 0 Å². The van der Waals surface area contributed by atoms with Gasteiger partial charge in [-0.15, -0.1) is 0 Å². The van der Waals surface area contributed by atoms with E-state index in [1.165, 1.54) is 24.2 Å². The minimum atomic E-state index is 0.531. The molecule has 1 aliphatic carbocycles. The Morgan fingerprint density at radius 2 is 2.06 bits per heavy atom. The maximum absolute atomic E-state index is 5.97. The lowest BCUT2D eigenvalue weighted by Gasteiger charge is -2.15. The van der Waals surface area contributed by atoms with Crippen LogP contribution < -0.4 is 0 Å². The first kappa shape index (κ1) is 10.8. The number of imidazole rings is 1. The van der Waals surface area contributed by atoms with Gasteiger partial charge in [0.05, 0.1) is 17.7 Å². The van der Waals surface area contributed by atoms with Gasteiger partial charge in [0, 0.05) is 11.9 Å². The SMILES string of the molecule is Cc1cnc(Cl)cc1-n1cnc2c1CCCC2. The molecule has 2 aromatic rings. The molecule has 0 aliphatic heterocycles. The van der Waals surface area contributed by atoms with Gasteiger partial charge in [-0.1, -0.05) is 11.6 Å². The molecule has 0 saturated carbocycles. The summed E-state index contributed by atoms with van der Waals surface area (Å²) < 4.78 is 2.16. The third-order valence-corrected chi connectivity index (χ3v) is 3.54. The van der Waals surface area contributed by atoms with Crippen molar-refractivity contribution in [3.63, 3.8) is 0 Å². The Balaban J connectivity index is 2.15. The molecule has 0 unspecified atom stereocenters. The highest BCUT2D eigenvalue weighted by molar-refractivity contribution is 6.29. The van der Waals surface area contributed by atoms with Crippen molar-refractivity contribution >= 4 is 11.6 Å². The van der Waals surface area contributed by atoms with Gasteiger partial charge in [0.25, 0.3) is 0 Å². The topological polar surface area (TPSA) is 30.7 Å². The van der Waals surface area contributed by atoms with Crippen molar-refractivity contribution in [2.75, 3.05) is 0 Å². The van der Waals surface area contributed by atoms with E-state index in [1.807, 2.05) is 25.5 Å². The molecule has 3 rings (SSSR count). The zero-order valence-corrected chi connectivity index (χ0v) is 10.5. The third kappa shape index (κ3) is 1.84. The highest BCUT2D eigenvalue weighted by Gasteiger charge is 2.17. The van der Waals surface area contributed by atoms with Gasteiger partial charge < -0.3 is 4.57 Å². The fourth-order valence-electron chi connectivity index (χ4n) is 2.42. The van der Waals surface area contributed by atoms with Gasteiger partial charge in [-0.05, 0) is 44.2 Å². The van der Waals surface area contributed by atoms with Crippen LogP contribution in [0.1, 0.15) is 29.8 Å². The number of hydrogen-bond donors (Lipinski definition) is 0. The molecule has 0 radical (unpaired) electrons. The molecule has 2 heterocycles. The maximum Gasteiger partial charge on any atom is 0.131 e. The zero-order valence-electron chi connectivity index (χ0n) is 9.78. The standard InChI is InChI=1S/C13H14ClN3/c1-9-7-15-13(14)6-12(9)17-8-16-10-4-2-3-5-11(10)17/h6-8H,2-5H2,1H3. The number of nitrogens with zero attached hydrogens (tertiary/aromatic N) is 3. The lowest BCUT2D eigenvalue weighted by molar-refractivity contribution is 0.655. The first-order valence-corrected chi connectivity index (χ1v) is 6.31. The highest BCUT2D eigenvalue weighted by atomic mass is 35.5. The van der Waals surface area contributed by atoms with Gasteiger partial charge in [-0.25, -0.2) is 9.97 Å². The Bertz CT molecular complexity index is 560. The van der Waals surface area contributed by atoms with Crippen molar-refractivity contribution in [2.45, 2.75) is 32.6 Å². The molecule has 0 bridgehead atoms. The molecular formula is C13H14ClN3. The Hall–Kier alpha value is -1.35. The molecule has 17 heavy (non-hydrogen) atoms. The van der Waals surface area contributed by atoms with Crippen LogP contribution in [0.3, 0.4) is 0 Å². The van der Waals surface area contributed by atoms with Crippen LogP contribution >= 0.6 is 11.6 Å². The van der Waals surface area contributed by atoms with Gasteiger partial charge in [-0.2, -0.15) is 0 Å². The summed E-state index contributed by atoms with van der Waals surface area (Å²) in [5.41, 5.74) is 4.80. The molecule has 0 fully saturated rings. The number of aryl methyl sites for hydroxylation is 2. The van der Waals surface area contributed by atoms with E-state index in [9.17, 15) is 0 Å². The van der Waals surface area contributed by atoms with Crippen molar-refractivity contribution < 1.29 is 0 Å². The van der Waals surface area contributed by atoms with E-state index in [-0.39, 0.29) is 0 Å². The normalized spacial score (nSPS) is 14.7. The molecule has 4 heteroatoms. The van der Waals surface area contributed by atoms with Gasteiger partial charge in [0.1, 0.15) is 5.15 Å². The number of aromatic nitrogens is 3. The third-order valence-electron chi connectivity index (χ3n) is 3.33. The van der Waals surface area contributed by atoms with E-state index >= 15 is 0 Å². The molecule has 1 aliphatic rings. The van der Waals surface area contributed by atoms with Crippen LogP contribution in [0.4, 0.5) is 0 Å². The Morgan fingerprint density at radius 3 is 2.94 bits per heavy atom. The second-order valence-electron chi connectivity index (χ2n) is 4.51. The molecular weight excluding hydrogens is 234 g/mol. The molecule has 0 spiro atoms. The summed E-state index contributed by atoms with van der Waals surface area (Å²) in [6.45, 7) is 2.05. The van der Waals surface area contributed by atoms with Gasteiger partial charge >= 0.3 is 0 Å². The molecule has 0 amide bonds. The summed E-state index contributed by atoms with van der Waals surface area (Å²) in [5, 5.41) is 0.531. The summed E-state index contributed by atoms with van der Waals surface area (Å²) in [4.78, 5) is 8.60. The van der Waals surface area contributed by atoms with E-state index in [0.29, 0.717) is 5.15 Å². The van der Waals surface area contributed by atoms with Crippen molar-refractivity contribution in [3.8, 4) is 5.69 Å². The van der Waals surface area contributed by atoms with Crippen LogP contribution in [0.25, 0.3) is 5.69 Å². The van der Waals surface area contributed by atoms with E-state index in [0.717, 1.165) is 24.1 Å². The summed E-state index contributed by atoms with van der Waals surface area (Å²) >= 11 is 5.97. The van der Waals surface area contributed by atoms with Crippen molar-refractivity contribution in [1.29, 1.82) is 0 Å². The van der Waals surface area contributed by atoms with Crippen LogP contribution in [-0.2, 0) is 12.8 Å². The van der Waals surface area contributed by atoms with Gasteiger partial charge in [0.15, 0.2) is 0 Å². The molecule has 0 N–H and O–H groups in total. The second-order valence-corrected chi connectivity index (χ2v) is 4.90. The summed E-state index contributed by atoms with van der Waals surface area (Å²) in [6.07, 6.45) is 8.42. The minimum Gasteiger partial charge on any atom is -0.303 e. The molecule has 3 nitrogen and oxygen atoms in total. The van der Waals surface area contributed by atoms with Crippen LogP contribution in [-0.4, -0.2) is 14.5 Å². The van der Waals surface area contributed by atoms with E-state index < -0.39 is 0 Å². The Labute approximate surface area is 105 Å². The van der Waals surface area contributed by atoms with E-state index in [1.54, 1.807) is 0 Å². The van der Waals surface area contributed by atoms with Crippen LogP contribution in [0, 0.1) is 6.92 Å². The predicted molar refractivity (Wildman–Crippen MR) is 67.7 cm³/mol. The molecule has 0 atom stereocenters. The Morgan fingerprint density at radius 1 is 1.24 bits per heavy atom. The maximum atomic E-state index is 5.97. The van der Waals surface area contributed by atoms with E-state index in [2.05, 4.69) is 14.5 Å². The molecule has 0 saturated heterocycles. The van der Waals surface area contributed by atoms with Gasteiger partial charge in [0.2, 0.25) is 0 Å². The Kier molecular flexibility index (Phi) is 2.63. The number of hydrogen-bond acceptors (Lipinski definition) is 2. The van der Waals surface area contributed by atoms with Crippen molar-refractivity contribution in [2.24, 2.45) is 0 Å². The van der Waals surface area contributed by atoms with Crippen LogP contribution in [0.15, 0.2) is 18.6 Å². The fraction of sp³-hybridized carbons (Fsp3) is 0.385. The predicted octanol–water partition coefficient (Wildman–Crippen LogP) is 3.11. The molecule has 2 aromatic heterocycles. The lowest BCUT2D eigenvalue weighted by atomic mass is 10.0. The molecule has 88 valence electrons. The van der Waals surface area contributed by atoms with E-state index in [4.69, 9.17) is 11.6 Å². The molecule has 0 aromatic carbocycles. The monoisotopic (exact) mass is 247 g/mol. The average Bonchev–Trinajstić information content (AvgIpc) is 2.76. The summed E-state index contributed by atoms with van der Waals surface area (Å²) in [5.74, 6) is 0. The smallest absolute Gasteiger partial charge is 0.131 e. The van der Waals surface area contributed by atoms with Gasteiger partial charge in [-0.3, -0.25) is 0 Å². The number of fused-ring (bicyclic) bond motifs is 1. The fourth-order valence-corrected chi connectivity index (χ4v) is 2.58. The second kappa shape index (κ2) is 4.15. The minimum absolute atomic E-state index is 0.531. The first-order chi connectivity index (χ1) is 8.25. The van der Waals surface area contributed by atoms with Crippen molar-refractivity contribution in [3.05, 3.63) is 40.7 Å². The van der Waals surface area contributed by atoms with Crippen molar-refractivity contribution in [1.82, 2.24) is 14.5 Å². The summed E-state index contributed by atoms with van der Waals surface area (Å²) in [6, 6.07) is 1.91. The van der Waals surface area contributed by atoms with Crippen LogP contribution in [0.2, 0.25) is 5.15 Å². The zero-order chi connectivity index (χ0) is 11.8. The largest absolute Gasteiger partial charge is 0.303 e. The number of rotatable bonds is 1. The summed E-state index contributed by atoms with van der Waals surface area (Å²) in [7, 11) is 0. The lowest BCUT2D eigenvalue weighted by Crippen LogP contribution is -2.07. The number of halogens is 1. The highest BCUT2D eigenvalue weighted by Crippen LogP contribution is 2.25. The quantitative estimate of drug-likeness (QED) is 0.725. The number of pyridine rings is 1.